The third kappa shape index (κ3) is 3.89. The average molecular weight is 455 g/mol. The van der Waals surface area contributed by atoms with Crippen molar-refractivity contribution in [3.8, 4) is 5.69 Å². The van der Waals surface area contributed by atoms with Crippen molar-refractivity contribution >= 4 is 29.6 Å². The summed E-state index contributed by atoms with van der Waals surface area (Å²) in [6.45, 7) is 6.88. The zero-order valence-electron chi connectivity index (χ0n) is 18.8. The molecule has 0 bridgehead atoms. The number of carbonyl (C=O) groups is 2. The van der Waals surface area contributed by atoms with E-state index in [4.69, 9.17) is 21.1 Å². The molecule has 2 aromatic rings. The number of halogens is 1. The van der Waals surface area contributed by atoms with Gasteiger partial charge in [0, 0.05) is 23.7 Å². The third-order valence-corrected chi connectivity index (χ3v) is 6.49. The van der Waals surface area contributed by atoms with Crippen LogP contribution in [-0.4, -0.2) is 47.7 Å². The van der Waals surface area contributed by atoms with Gasteiger partial charge in [0.25, 0.3) is 5.91 Å². The molecule has 0 saturated carbocycles. The number of benzene rings is 1. The standard InChI is InChI=1S/C25H27ClN2O4/c1-15-12-18(16(2)28(15)22-10-6-5-9-21(22)26)13-20-23(25(30)31-4)17(3)27(24(20)29)14-19-8-7-11-32-19/h5-6,9-10,12-13,19H,7-8,11,14H2,1-4H3. The maximum Gasteiger partial charge on any atom is 0.340 e. The van der Waals surface area contributed by atoms with Gasteiger partial charge in [-0.2, -0.15) is 0 Å². The molecule has 0 radical (unpaired) electrons. The van der Waals surface area contributed by atoms with Crippen LogP contribution in [0.2, 0.25) is 5.02 Å². The Hall–Kier alpha value is -2.83. The molecule has 2 aliphatic rings. The highest BCUT2D eigenvalue weighted by Gasteiger charge is 2.38. The number of allylic oxidation sites excluding steroid dienone is 1. The lowest BCUT2D eigenvalue weighted by Crippen LogP contribution is -2.33. The molecule has 1 fully saturated rings. The van der Waals surface area contributed by atoms with Crippen LogP contribution in [0, 0.1) is 13.8 Å². The molecule has 6 nitrogen and oxygen atoms in total. The summed E-state index contributed by atoms with van der Waals surface area (Å²) in [5.41, 5.74) is 4.86. The average Bonchev–Trinajstić information content (AvgIpc) is 3.44. The summed E-state index contributed by atoms with van der Waals surface area (Å²) < 4.78 is 12.8. The fraction of sp³-hybridized carbons (Fsp3) is 0.360. The van der Waals surface area contributed by atoms with Crippen LogP contribution >= 0.6 is 11.6 Å². The maximum absolute atomic E-state index is 13.4. The molecular formula is C25H27ClN2O4. The minimum atomic E-state index is -0.517. The van der Waals surface area contributed by atoms with Gasteiger partial charge in [-0.05, 0) is 63.5 Å². The predicted molar refractivity (Wildman–Crippen MR) is 124 cm³/mol. The number of aryl methyl sites for hydroxylation is 1. The number of amides is 1. The normalized spacial score (nSPS) is 20.0. The van der Waals surface area contributed by atoms with Crippen molar-refractivity contribution in [2.75, 3.05) is 20.3 Å². The van der Waals surface area contributed by atoms with Gasteiger partial charge in [-0.3, -0.25) is 4.79 Å². The molecule has 0 aliphatic carbocycles. The summed E-state index contributed by atoms with van der Waals surface area (Å²) in [5, 5.41) is 0.638. The molecule has 3 heterocycles. The molecule has 0 N–H and O–H groups in total. The molecule has 7 heteroatoms. The van der Waals surface area contributed by atoms with Crippen LogP contribution in [-0.2, 0) is 19.1 Å². The number of nitrogens with zero attached hydrogens (tertiary/aromatic N) is 2. The molecule has 1 amide bonds. The number of aromatic nitrogens is 1. The molecule has 1 unspecified atom stereocenters. The van der Waals surface area contributed by atoms with E-state index in [1.54, 1.807) is 17.9 Å². The van der Waals surface area contributed by atoms with Crippen LogP contribution in [0.3, 0.4) is 0 Å². The Morgan fingerprint density at radius 2 is 2.03 bits per heavy atom. The summed E-state index contributed by atoms with van der Waals surface area (Å²) in [7, 11) is 1.33. The number of methoxy groups -OCH3 is 1. The second-order valence-electron chi connectivity index (χ2n) is 8.17. The van der Waals surface area contributed by atoms with E-state index < -0.39 is 5.97 Å². The largest absolute Gasteiger partial charge is 0.465 e. The van der Waals surface area contributed by atoms with E-state index in [2.05, 4.69) is 0 Å². The zero-order chi connectivity index (χ0) is 23.0. The van der Waals surface area contributed by atoms with E-state index in [0.717, 1.165) is 35.5 Å². The number of rotatable bonds is 5. The van der Waals surface area contributed by atoms with Crippen LogP contribution in [0.25, 0.3) is 11.8 Å². The van der Waals surface area contributed by atoms with Gasteiger partial charge in [-0.15, -0.1) is 0 Å². The Morgan fingerprint density at radius 1 is 1.28 bits per heavy atom. The summed E-state index contributed by atoms with van der Waals surface area (Å²) in [6, 6.07) is 9.61. The Morgan fingerprint density at radius 3 is 2.69 bits per heavy atom. The molecule has 1 atom stereocenters. The van der Waals surface area contributed by atoms with E-state index >= 15 is 0 Å². The van der Waals surface area contributed by atoms with Crippen LogP contribution in [0.4, 0.5) is 0 Å². The van der Waals surface area contributed by atoms with E-state index in [-0.39, 0.29) is 12.0 Å². The number of carbonyl (C=O) groups excluding carboxylic acids is 2. The first-order valence-corrected chi connectivity index (χ1v) is 11.1. The molecule has 4 rings (SSSR count). The predicted octanol–water partition coefficient (Wildman–Crippen LogP) is 4.60. The van der Waals surface area contributed by atoms with Crippen LogP contribution in [0.1, 0.15) is 36.7 Å². The molecule has 1 saturated heterocycles. The van der Waals surface area contributed by atoms with Crippen LogP contribution in [0.15, 0.2) is 47.2 Å². The molecule has 168 valence electrons. The van der Waals surface area contributed by atoms with Crippen molar-refractivity contribution in [1.29, 1.82) is 0 Å². The number of hydrogen-bond donors (Lipinski definition) is 0. The van der Waals surface area contributed by atoms with Gasteiger partial charge in [0.2, 0.25) is 0 Å². The number of para-hydroxylation sites is 1. The minimum absolute atomic E-state index is 0.0163. The lowest BCUT2D eigenvalue weighted by Gasteiger charge is -2.21. The highest BCUT2D eigenvalue weighted by Crippen LogP contribution is 2.34. The third-order valence-electron chi connectivity index (χ3n) is 6.17. The van der Waals surface area contributed by atoms with Crippen molar-refractivity contribution in [2.24, 2.45) is 0 Å². The van der Waals surface area contributed by atoms with Crippen molar-refractivity contribution in [3.05, 3.63) is 69.1 Å². The molecule has 32 heavy (non-hydrogen) atoms. The van der Waals surface area contributed by atoms with Gasteiger partial charge < -0.3 is 18.9 Å². The van der Waals surface area contributed by atoms with Gasteiger partial charge in [0.05, 0.1) is 41.6 Å². The zero-order valence-corrected chi connectivity index (χ0v) is 19.5. The summed E-state index contributed by atoms with van der Waals surface area (Å²) in [4.78, 5) is 27.7. The smallest absolute Gasteiger partial charge is 0.340 e. The number of ether oxygens (including phenoxy) is 2. The molecule has 0 spiro atoms. The van der Waals surface area contributed by atoms with Gasteiger partial charge in [-0.25, -0.2) is 4.79 Å². The van der Waals surface area contributed by atoms with Crippen LogP contribution in [0.5, 0.6) is 0 Å². The fourth-order valence-corrected chi connectivity index (χ4v) is 4.75. The maximum atomic E-state index is 13.4. The Kier molecular flexibility index (Phi) is 6.26. The highest BCUT2D eigenvalue weighted by atomic mass is 35.5. The topological polar surface area (TPSA) is 60.8 Å². The minimum Gasteiger partial charge on any atom is -0.465 e. The van der Waals surface area contributed by atoms with Crippen molar-refractivity contribution < 1.29 is 19.1 Å². The first kappa shape index (κ1) is 22.4. The van der Waals surface area contributed by atoms with E-state index in [1.807, 2.05) is 48.7 Å². The van der Waals surface area contributed by atoms with E-state index in [1.165, 1.54) is 7.11 Å². The van der Waals surface area contributed by atoms with Gasteiger partial charge in [-0.1, -0.05) is 23.7 Å². The van der Waals surface area contributed by atoms with Crippen molar-refractivity contribution in [3.63, 3.8) is 0 Å². The summed E-state index contributed by atoms with van der Waals surface area (Å²) in [5.74, 6) is -0.724. The lowest BCUT2D eigenvalue weighted by molar-refractivity contribution is -0.136. The molecular weight excluding hydrogens is 428 g/mol. The molecule has 2 aliphatic heterocycles. The second-order valence-corrected chi connectivity index (χ2v) is 8.58. The molecule has 1 aromatic carbocycles. The van der Waals surface area contributed by atoms with Gasteiger partial charge in [0.1, 0.15) is 0 Å². The van der Waals surface area contributed by atoms with Crippen molar-refractivity contribution in [1.82, 2.24) is 9.47 Å². The fourth-order valence-electron chi connectivity index (χ4n) is 4.53. The quantitative estimate of drug-likeness (QED) is 0.489. The number of esters is 1. The first-order valence-electron chi connectivity index (χ1n) is 10.7. The molecule has 1 aromatic heterocycles. The summed E-state index contributed by atoms with van der Waals surface area (Å²) in [6.07, 6.45) is 3.65. The SMILES string of the molecule is COC(=O)C1=C(C)N(CC2CCCO2)C(=O)C1=Cc1cc(C)n(-c2ccccc2Cl)c1C. The van der Waals surface area contributed by atoms with E-state index in [0.29, 0.717) is 35.0 Å². The second kappa shape index (κ2) is 8.96. The summed E-state index contributed by atoms with van der Waals surface area (Å²) >= 11 is 6.43. The Bertz CT molecular complexity index is 1140. The van der Waals surface area contributed by atoms with Crippen molar-refractivity contribution in [2.45, 2.75) is 39.7 Å². The van der Waals surface area contributed by atoms with E-state index in [9.17, 15) is 9.59 Å². The van der Waals surface area contributed by atoms with Gasteiger partial charge >= 0.3 is 5.97 Å². The highest BCUT2D eigenvalue weighted by molar-refractivity contribution is 6.32. The Labute approximate surface area is 193 Å². The lowest BCUT2D eigenvalue weighted by atomic mass is 10.0. The Balaban J connectivity index is 1.77. The monoisotopic (exact) mass is 454 g/mol. The number of hydrogen-bond acceptors (Lipinski definition) is 4. The van der Waals surface area contributed by atoms with Crippen LogP contribution < -0.4 is 0 Å². The van der Waals surface area contributed by atoms with Gasteiger partial charge in [0.15, 0.2) is 0 Å². The first-order chi connectivity index (χ1) is 15.3.